The van der Waals surface area contributed by atoms with Gasteiger partial charge in [-0.15, -0.1) is 6.58 Å². The Bertz CT molecular complexity index is 1130. The molecule has 0 saturated carbocycles. The largest absolute Gasteiger partial charge is 0.493 e. The van der Waals surface area contributed by atoms with Crippen molar-refractivity contribution < 1.29 is 19.0 Å². The number of ether oxygens (including phenoxy) is 3. The number of nitrogens with zero attached hydrogens (tertiary/aromatic N) is 1. The number of carbonyl (C=O) groups is 1. The number of hydrogen-bond donors (Lipinski definition) is 0. The summed E-state index contributed by atoms with van der Waals surface area (Å²) in [6.07, 6.45) is 3.49. The molecule has 0 radical (unpaired) electrons. The van der Waals surface area contributed by atoms with Crippen LogP contribution in [0, 0.1) is 10.5 Å². The Balaban J connectivity index is 1.70. The maximum atomic E-state index is 12.6. The van der Waals surface area contributed by atoms with E-state index in [4.69, 9.17) is 26.4 Å². The summed E-state index contributed by atoms with van der Waals surface area (Å²) >= 11 is 8.82. The molecule has 0 atom stereocenters. The minimum atomic E-state index is -0.113. The molecule has 5 nitrogen and oxygen atoms in total. The second-order valence-corrected chi connectivity index (χ2v) is 10.8. The van der Waals surface area contributed by atoms with Crippen LogP contribution in [0.2, 0.25) is 0 Å². The van der Waals surface area contributed by atoms with Gasteiger partial charge in [0.15, 0.2) is 11.5 Å². The maximum Gasteiger partial charge on any atom is 0.266 e. The average Bonchev–Trinajstić information content (AvgIpc) is 3.04. The smallest absolute Gasteiger partial charge is 0.266 e. The number of rotatable bonds is 10. The van der Waals surface area contributed by atoms with Crippen molar-refractivity contribution in [3.8, 4) is 17.2 Å². The van der Waals surface area contributed by atoms with E-state index in [0.29, 0.717) is 46.4 Å². The highest BCUT2D eigenvalue weighted by molar-refractivity contribution is 14.1. The van der Waals surface area contributed by atoms with Gasteiger partial charge in [0.05, 0.1) is 15.6 Å². The fourth-order valence-corrected chi connectivity index (χ4v) is 5.50. The van der Waals surface area contributed by atoms with E-state index in [1.807, 2.05) is 18.2 Å². The quantitative estimate of drug-likeness (QED) is 0.0998. The number of carbonyl (C=O) groups excluding carboxylic acids is 1. The summed E-state index contributed by atoms with van der Waals surface area (Å²) in [6.45, 7) is 11.2. The van der Waals surface area contributed by atoms with Crippen LogP contribution >= 0.6 is 46.6 Å². The third-order valence-corrected chi connectivity index (χ3v) is 7.29. The topological polar surface area (TPSA) is 48.0 Å². The summed E-state index contributed by atoms with van der Waals surface area (Å²) in [7, 11) is 1.60. The molecule has 0 N–H and O–H groups in total. The second kappa shape index (κ2) is 12.1. The lowest BCUT2D eigenvalue weighted by atomic mass is 10.0. The standard InChI is InChI=1S/C26H28INO4S2/c1-6-9-28-25(29)23(34-26(28)33)15-18-13-20(27)24(22(14-18)30-5)32-11-10-31-21-12-17(4)7-8-19(21)16(2)3/h6-8,12-16H,1,9-11H2,2-5H3/b23-15-. The molecule has 1 heterocycles. The first-order valence-corrected chi connectivity index (χ1v) is 13.2. The Labute approximate surface area is 224 Å². The highest BCUT2D eigenvalue weighted by atomic mass is 127. The molecular weight excluding hydrogens is 581 g/mol. The molecule has 0 unspecified atom stereocenters. The third-order valence-electron chi connectivity index (χ3n) is 5.11. The van der Waals surface area contributed by atoms with E-state index in [1.54, 1.807) is 13.2 Å². The van der Waals surface area contributed by atoms with Crippen molar-refractivity contribution in [3.05, 3.63) is 68.2 Å². The summed E-state index contributed by atoms with van der Waals surface area (Å²) in [5, 5.41) is 0. The number of aryl methyl sites for hydroxylation is 1. The first-order valence-electron chi connectivity index (χ1n) is 10.8. The predicted octanol–water partition coefficient (Wildman–Crippen LogP) is 6.58. The normalized spacial score (nSPS) is 14.8. The number of hydrogen-bond acceptors (Lipinski definition) is 6. The van der Waals surface area contributed by atoms with Gasteiger partial charge < -0.3 is 14.2 Å². The molecule has 0 aromatic heterocycles. The maximum absolute atomic E-state index is 12.6. The highest BCUT2D eigenvalue weighted by Gasteiger charge is 2.31. The Hall–Kier alpha value is -2.04. The van der Waals surface area contributed by atoms with Gasteiger partial charge in [0, 0.05) is 6.54 Å². The van der Waals surface area contributed by atoms with E-state index in [9.17, 15) is 4.79 Å². The van der Waals surface area contributed by atoms with Gasteiger partial charge in [-0.25, -0.2) is 0 Å². The van der Waals surface area contributed by atoms with E-state index < -0.39 is 0 Å². The Morgan fingerprint density at radius 1 is 1.18 bits per heavy atom. The average molecular weight is 610 g/mol. The number of methoxy groups -OCH3 is 1. The lowest BCUT2D eigenvalue weighted by Crippen LogP contribution is -2.27. The van der Waals surface area contributed by atoms with Crippen molar-refractivity contribution in [1.82, 2.24) is 4.90 Å². The van der Waals surface area contributed by atoms with Crippen LogP contribution in [0.1, 0.15) is 36.5 Å². The van der Waals surface area contributed by atoms with Crippen LogP contribution in [0.5, 0.6) is 17.2 Å². The van der Waals surface area contributed by atoms with Crippen LogP contribution in [-0.2, 0) is 4.79 Å². The molecule has 0 spiro atoms. The summed E-state index contributed by atoms with van der Waals surface area (Å²) in [4.78, 5) is 14.7. The van der Waals surface area contributed by atoms with E-state index in [-0.39, 0.29) is 5.91 Å². The zero-order valence-corrected chi connectivity index (χ0v) is 23.5. The first kappa shape index (κ1) is 26.6. The molecule has 1 fully saturated rings. The second-order valence-electron chi connectivity index (χ2n) is 8.01. The molecular formula is C26H28INO4S2. The van der Waals surface area contributed by atoms with E-state index >= 15 is 0 Å². The highest BCUT2D eigenvalue weighted by Crippen LogP contribution is 2.37. The Morgan fingerprint density at radius 3 is 2.59 bits per heavy atom. The van der Waals surface area contributed by atoms with Gasteiger partial charge in [-0.3, -0.25) is 9.69 Å². The van der Waals surface area contributed by atoms with Crippen molar-refractivity contribution in [2.24, 2.45) is 0 Å². The number of thiocarbonyl (C=S) groups is 1. The lowest BCUT2D eigenvalue weighted by Gasteiger charge is -2.17. The van der Waals surface area contributed by atoms with Gasteiger partial charge in [0.25, 0.3) is 5.91 Å². The monoisotopic (exact) mass is 609 g/mol. The summed E-state index contributed by atoms with van der Waals surface area (Å²) in [5.74, 6) is 2.40. The molecule has 180 valence electrons. The van der Waals surface area contributed by atoms with Gasteiger partial charge in [0.2, 0.25) is 0 Å². The van der Waals surface area contributed by atoms with Crippen molar-refractivity contribution >= 4 is 62.9 Å². The fourth-order valence-electron chi connectivity index (χ4n) is 3.44. The minimum absolute atomic E-state index is 0.113. The molecule has 2 aromatic rings. The number of benzene rings is 2. The van der Waals surface area contributed by atoms with Crippen LogP contribution in [0.4, 0.5) is 0 Å². The Morgan fingerprint density at radius 2 is 1.91 bits per heavy atom. The molecule has 34 heavy (non-hydrogen) atoms. The zero-order valence-electron chi connectivity index (χ0n) is 19.7. The minimum Gasteiger partial charge on any atom is -0.493 e. The van der Waals surface area contributed by atoms with Crippen molar-refractivity contribution in [3.63, 3.8) is 0 Å². The number of thioether (sulfide) groups is 1. The molecule has 8 heteroatoms. The molecule has 1 saturated heterocycles. The van der Waals surface area contributed by atoms with Gasteiger partial charge >= 0.3 is 0 Å². The van der Waals surface area contributed by atoms with Crippen LogP contribution in [0.25, 0.3) is 6.08 Å². The molecule has 1 amide bonds. The fraction of sp³-hybridized carbons (Fsp3) is 0.308. The van der Waals surface area contributed by atoms with Gasteiger partial charge in [0.1, 0.15) is 23.3 Å². The van der Waals surface area contributed by atoms with Gasteiger partial charge in [-0.1, -0.05) is 56.0 Å². The lowest BCUT2D eigenvalue weighted by molar-refractivity contribution is -0.121. The van der Waals surface area contributed by atoms with Gasteiger partial charge in [-0.2, -0.15) is 0 Å². The van der Waals surface area contributed by atoms with Crippen LogP contribution in [0.15, 0.2) is 47.9 Å². The first-order chi connectivity index (χ1) is 16.2. The van der Waals surface area contributed by atoms with Crippen molar-refractivity contribution in [1.29, 1.82) is 0 Å². The van der Waals surface area contributed by atoms with Crippen LogP contribution in [-0.4, -0.2) is 42.0 Å². The Kier molecular flexibility index (Phi) is 9.44. The molecule has 1 aliphatic heterocycles. The molecule has 0 bridgehead atoms. The predicted molar refractivity (Wildman–Crippen MR) is 152 cm³/mol. The summed E-state index contributed by atoms with van der Waals surface area (Å²) in [5.41, 5.74) is 3.18. The number of amides is 1. The van der Waals surface area contributed by atoms with Crippen molar-refractivity contribution in [2.45, 2.75) is 26.7 Å². The van der Waals surface area contributed by atoms with Crippen LogP contribution < -0.4 is 14.2 Å². The van der Waals surface area contributed by atoms with E-state index in [1.165, 1.54) is 22.2 Å². The van der Waals surface area contributed by atoms with Crippen molar-refractivity contribution in [2.75, 3.05) is 26.9 Å². The zero-order chi connectivity index (χ0) is 24.8. The summed E-state index contributed by atoms with van der Waals surface area (Å²) < 4.78 is 19.1. The van der Waals surface area contributed by atoms with E-state index in [2.05, 4.69) is 68.1 Å². The van der Waals surface area contributed by atoms with E-state index in [0.717, 1.165) is 20.4 Å². The molecule has 1 aliphatic rings. The molecule has 2 aromatic carbocycles. The van der Waals surface area contributed by atoms with Crippen LogP contribution in [0.3, 0.4) is 0 Å². The SMILES string of the molecule is C=CCN1C(=O)/C(=C/c2cc(I)c(OCCOc3cc(C)ccc3C(C)C)c(OC)c2)SC1=S. The molecule has 3 rings (SSSR count). The number of halogens is 1. The van der Waals surface area contributed by atoms with Gasteiger partial charge in [-0.05, 0) is 76.4 Å². The third kappa shape index (κ3) is 6.34. The summed E-state index contributed by atoms with van der Waals surface area (Å²) in [6, 6.07) is 10.1. The molecule has 0 aliphatic carbocycles.